The number of fused-ring (bicyclic) bond motifs is 1. The van der Waals surface area contributed by atoms with Crippen molar-refractivity contribution >= 4 is 11.5 Å². The first-order chi connectivity index (χ1) is 9.53. The number of anilines is 1. The summed E-state index contributed by atoms with van der Waals surface area (Å²) in [5.41, 5.74) is 1.03. The minimum atomic E-state index is -0.0341. The highest BCUT2D eigenvalue weighted by atomic mass is 16.1. The predicted octanol–water partition coefficient (Wildman–Crippen LogP) is 3.08. The Morgan fingerprint density at radius 3 is 3.05 bits per heavy atom. The summed E-state index contributed by atoms with van der Waals surface area (Å²) < 4.78 is 1.57. The molecule has 2 heterocycles. The van der Waals surface area contributed by atoms with E-state index in [9.17, 15) is 4.79 Å². The molecule has 1 atom stereocenters. The maximum atomic E-state index is 12.1. The molecular formula is C16H21N3O. The Labute approximate surface area is 118 Å². The van der Waals surface area contributed by atoms with Crippen LogP contribution in [-0.2, 0) is 0 Å². The van der Waals surface area contributed by atoms with Crippen molar-refractivity contribution in [1.82, 2.24) is 9.38 Å². The Bertz CT molecular complexity index is 675. The molecule has 0 bridgehead atoms. The van der Waals surface area contributed by atoms with E-state index in [-0.39, 0.29) is 5.56 Å². The number of hydrogen-bond donors (Lipinski definition) is 1. The molecule has 0 spiro atoms. The van der Waals surface area contributed by atoms with Gasteiger partial charge in [0, 0.05) is 18.3 Å². The fourth-order valence-electron chi connectivity index (χ4n) is 3.16. The SMILES string of the molecule is CC1(C)CCCC(Nc2cc(=O)n3ccccc3n2)C1. The number of hydrogen-bond acceptors (Lipinski definition) is 3. The third kappa shape index (κ3) is 2.69. The smallest absolute Gasteiger partial charge is 0.259 e. The number of rotatable bonds is 2. The van der Waals surface area contributed by atoms with Crippen LogP contribution in [0.4, 0.5) is 5.82 Å². The molecule has 106 valence electrons. The Kier molecular flexibility index (Phi) is 3.24. The molecule has 0 aromatic carbocycles. The Hall–Kier alpha value is -1.84. The van der Waals surface area contributed by atoms with E-state index < -0.39 is 0 Å². The number of nitrogens with zero attached hydrogens (tertiary/aromatic N) is 2. The molecule has 4 nitrogen and oxygen atoms in total. The zero-order chi connectivity index (χ0) is 14.2. The van der Waals surface area contributed by atoms with Crippen LogP contribution in [-0.4, -0.2) is 15.4 Å². The van der Waals surface area contributed by atoms with Gasteiger partial charge in [-0.05, 0) is 36.8 Å². The predicted molar refractivity (Wildman–Crippen MR) is 81.1 cm³/mol. The van der Waals surface area contributed by atoms with Crippen LogP contribution in [0.1, 0.15) is 39.5 Å². The third-order valence-electron chi connectivity index (χ3n) is 4.13. The maximum Gasteiger partial charge on any atom is 0.259 e. The fraction of sp³-hybridized carbons (Fsp3) is 0.500. The van der Waals surface area contributed by atoms with Gasteiger partial charge in [-0.25, -0.2) is 4.98 Å². The minimum absolute atomic E-state index is 0.0341. The molecule has 1 aliphatic rings. The maximum absolute atomic E-state index is 12.1. The number of pyridine rings is 1. The van der Waals surface area contributed by atoms with Gasteiger partial charge in [0.05, 0.1) is 0 Å². The van der Waals surface area contributed by atoms with Crippen molar-refractivity contribution in [2.75, 3.05) is 5.32 Å². The number of aromatic nitrogens is 2. The van der Waals surface area contributed by atoms with E-state index in [0.29, 0.717) is 22.9 Å². The number of nitrogens with one attached hydrogen (secondary N) is 1. The molecule has 3 rings (SSSR count). The third-order valence-corrected chi connectivity index (χ3v) is 4.13. The fourth-order valence-corrected chi connectivity index (χ4v) is 3.16. The molecule has 1 saturated carbocycles. The van der Waals surface area contributed by atoms with Gasteiger partial charge in [-0.2, -0.15) is 0 Å². The molecule has 2 aromatic rings. The lowest BCUT2D eigenvalue weighted by Gasteiger charge is -2.35. The highest BCUT2D eigenvalue weighted by molar-refractivity contribution is 5.46. The lowest BCUT2D eigenvalue weighted by molar-refractivity contribution is 0.229. The summed E-state index contributed by atoms with van der Waals surface area (Å²) in [4.78, 5) is 16.6. The van der Waals surface area contributed by atoms with E-state index in [4.69, 9.17) is 0 Å². The topological polar surface area (TPSA) is 46.4 Å². The van der Waals surface area contributed by atoms with Crippen molar-refractivity contribution in [3.63, 3.8) is 0 Å². The molecule has 0 radical (unpaired) electrons. The minimum Gasteiger partial charge on any atom is -0.367 e. The summed E-state index contributed by atoms with van der Waals surface area (Å²) in [5, 5.41) is 3.44. The van der Waals surface area contributed by atoms with Crippen LogP contribution in [0.3, 0.4) is 0 Å². The molecule has 0 amide bonds. The van der Waals surface area contributed by atoms with Crippen LogP contribution in [0.5, 0.6) is 0 Å². The Morgan fingerprint density at radius 1 is 1.40 bits per heavy atom. The molecule has 1 aliphatic carbocycles. The normalized spacial score (nSPS) is 21.8. The average Bonchev–Trinajstić information content (AvgIpc) is 2.37. The Morgan fingerprint density at radius 2 is 2.25 bits per heavy atom. The summed E-state index contributed by atoms with van der Waals surface area (Å²) in [6, 6.07) is 7.60. The molecule has 1 fully saturated rings. The van der Waals surface area contributed by atoms with Crippen molar-refractivity contribution in [2.45, 2.75) is 45.6 Å². The second-order valence-electron chi connectivity index (χ2n) is 6.51. The van der Waals surface area contributed by atoms with Crippen molar-refractivity contribution in [2.24, 2.45) is 5.41 Å². The molecule has 4 heteroatoms. The van der Waals surface area contributed by atoms with Crippen LogP contribution in [0.25, 0.3) is 5.65 Å². The van der Waals surface area contributed by atoms with Gasteiger partial charge in [0.1, 0.15) is 11.5 Å². The standard InChI is InChI=1S/C16H21N3O/c1-16(2)8-5-6-12(11-16)17-13-10-15(20)19-9-4-3-7-14(19)18-13/h3-4,7,9-10,12,17H,5-6,8,11H2,1-2H3. The zero-order valence-electron chi connectivity index (χ0n) is 12.1. The monoisotopic (exact) mass is 271 g/mol. The van der Waals surface area contributed by atoms with Crippen molar-refractivity contribution in [3.8, 4) is 0 Å². The van der Waals surface area contributed by atoms with Crippen molar-refractivity contribution in [3.05, 3.63) is 40.8 Å². The van der Waals surface area contributed by atoms with Gasteiger partial charge in [-0.3, -0.25) is 9.20 Å². The van der Waals surface area contributed by atoms with Crippen LogP contribution in [0.15, 0.2) is 35.3 Å². The van der Waals surface area contributed by atoms with Gasteiger partial charge in [0.15, 0.2) is 0 Å². The van der Waals surface area contributed by atoms with Crippen LogP contribution >= 0.6 is 0 Å². The van der Waals surface area contributed by atoms with Gasteiger partial charge >= 0.3 is 0 Å². The van der Waals surface area contributed by atoms with Gasteiger partial charge in [-0.1, -0.05) is 26.3 Å². The summed E-state index contributed by atoms with van der Waals surface area (Å²) in [6.07, 6.45) is 6.54. The summed E-state index contributed by atoms with van der Waals surface area (Å²) in [7, 11) is 0. The second-order valence-corrected chi connectivity index (χ2v) is 6.51. The molecule has 1 N–H and O–H groups in total. The molecule has 20 heavy (non-hydrogen) atoms. The summed E-state index contributed by atoms with van der Waals surface area (Å²) in [5.74, 6) is 0.698. The lowest BCUT2D eigenvalue weighted by atomic mass is 9.75. The summed E-state index contributed by atoms with van der Waals surface area (Å²) in [6.45, 7) is 4.62. The van der Waals surface area contributed by atoms with E-state index in [0.717, 1.165) is 12.8 Å². The van der Waals surface area contributed by atoms with Gasteiger partial charge in [0.25, 0.3) is 5.56 Å². The van der Waals surface area contributed by atoms with E-state index >= 15 is 0 Å². The lowest BCUT2D eigenvalue weighted by Crippen LogP contribution is -2.32. The van der Waals surface area contributed by atoms with Crippen LogP contribution < -0.4 is 10.9 Å². The second kappa shape index (κ2) is 4.93. The van der Waals surface area contributed by atoms with E-state index in [1.807, 2.05) is 18.2 Å². The van der Waals surface area contributed by atoms with Crippen LogP contribution in [0, 0.1) is 5.41 Å². The molecule has 1 unspecified atom stereocenters. The molecule has 0 aliphatic heterocycles. The Balaban J connectivity index is 1.86. The van der Waals surface area contributed by atoms with Crippen molar-refractivity contribution in [1.29, 1.82) is 0 Å². The van der Waals surface area contributed by atoms with Gasteiger partial charge < -0.3 is 5.32 Å². The molecule has 2 aromatic heterocycles. The highest BCUT2D eigenvalue weighted by Crippen LogP contribution is 2.36. The van der Waals surface area contributed by atoms with E-state index in [1.54, 1.807) is 16.7 Å². The quantitative estimate of drug-likeness (QED) is 0.913. The highest BCUT2D eigenvalue weighted by Gasteiger charge is 2.28. The van der Waals surface area contributed by atoms with Crippen LogP contribution in [0.2, 0.25) is 0 Å². The van der Waals surface area contributed by atoms with Crippen molar-refractivity contribution < 1.29 is 0 Å². The first kappa shape index (κ1) is 13.2. The largest absolute Gasteiger partial charge is 0.367 e. The van der Waals surface area contributed by atoms with Gasteiger partial charge in [-0.15, -0.1) is 0 Å². The average molecular weight is 271 g/mol. The zero-order valence-corrected chi connectivity index (χ0v) is 12.1. The van der Waals surface area contributed by atoms with E-state index in [1.165, 1.54) is 12.8 Å². The first-order valence-corrected chi connectivity index (χ1v) is 7.29. The molecular weight excluding hydrogens is 250 g/mol. The van der Waals surface area contributed by atoms with Gasteiger partial charge in [0.2, 0.25) is 0 Å². The molecule has 0 saturated heterocycles. The summed E-state index contributed by atoms with van der Waals surface area (Å²) >= 11 is 0. The van der Waals surface area contributed by atoms with E-state index in [2.05, 4.69) is 24.1 Å². The first-order valence-electron chi connectivity index (χ1n) is 7.29.